The first-order valence-corrected chi connectivity index (χ1v) is 6.40. The second kappa shape index (κ2) is 4.52. The maximum Gasteiger partial charge on any atom is 0.265 e. The monoisotopic (exact) mass is 270 g/mol. The number of aryl methyl sites for hydroxylation is 2. The molecule has 0 atom stereocenters. The molecule has 1 N–H and O–H groups in total. The summed E-state index contributed by atoms with van der Waals surface area (Å²) < 4.78 is 6.69. The minimum Gasteiger partial charge on any atom is -0.505 e. The third-order valence-corrected chi connectivity index (χ3v) is 3.44. The van der Waals surface area contributed by atoms with Gasteiger partial charge in [-0.1, -0.05) is 24.3 Å². The van der Waals surface area contributed by atoms with Gasteiger partial charge in [0, 0.05) is 6.54 Å². The van der Waals surface area contributed by atoms with Crippen LogP contribution in [0.2, 0.25) is 0 Å². The molecule has 0 bridgehead atoms. The smallest absolute Gasteiger partial charge is 0.265 e. The maximum atomic E-state index is 12.6. The van der Waals surface area contributed by atoms with Gasteiger partial charge in [-0.2, -0.15) is 0 Å². The number of fused-ring (bicyclic) bond motifs is 1. The van der Waals surface area contributed by atoms with Gasteiger partial charge in [0.2, 0.25) is 5.71 Å². The van der Waals surface area contributed by atoms with Crippen molar-refractivity contribution >= 4 is 11.2 Å². The van der Waals surface area contributed by atoms with Crippen molar-refractivity contribution in [3.05, 3.63) is 46.6 Å². The Morgan fingerprint density at radius 1 is 1.35 bits per heavy atom. The molecule has 102 valence electrons. The summed E-state index contributed by atoms with van der Waals surface area (Å²) in [7, 11) is 0. The summed E-state index contributed by atoms with van der Waals surface area (Å²) >= 11 is 0. The van der Waals surface area contributed by atoms with Crippen LogP contribution in [-0.2, 0) is 6.54 Å². The maximum absolute atomic E-state index is 12.6. The van der Waals surface area contributed by atoms with Gasteiger partial charge in [0.15, 0.2) is 17.7 Å². The van der Waals surface area contributed by atoms with E-state index in [1.165, 1.54) is 11.0 Å². The Balaban J connectivity index is 2.48. The van der Waals surface area contributed by atoms with Crippen LogP contribution in [0.3, 0.4) is 0 Å². The van der Waals surface area contributed by atoms with Crippen LogP contribution in [0.1, 0.15) is 12.5 Å². The Kier molecular flexibility index (Phi) is 2.82. The highest BCUT2D eigenvalue weighted by molar-refractivity contribution is 5.87. The van der Waals surface area contributed by atoms with Gasteiger partial charge < -0.3 is 9.52 Å². The normalized spacial score (nSPS) is 11.1. The van der Waals surface area contributed by atoms with Gasteiger partial charge in [0.1, 0.15) is 0 Å². The molecule has 0 amide bonds. The van der Waals surface area contributed by atoms with Crippen LogP contribution < -0.4 is 5.56 Å². The molecule has 0 fully saturated rings. The van der Waals surface area contributed by atoms with Gasteiger partial charge in [-0.25, -0.2) is 4.98 Å². The van der Waals surface area contributed by atoms with E-state index in [1.807, 2.05) is 38.1 Å². The van der Waals surface area contributed by atoms with Crippen molar-refractivity contribution < 1.29 is 9.52 Å². The molecule has 0 unspecified atom stereocenters. The zero-order valence-electron chi connectivity index (χ0n) is 11.3. The van der Waals surface area contributed by atoms with Crippen LogP contribution in [0.25, 0.3) is 22.4 Å². The number of hydrogen-bond acceptors (Lipinski definition) is 4. The molecule has 5 nitrogen and oxygen atoms in total. The first-order valence-electron chi connectivity index (χ1n) is 6.40. The molecule has 0 aliphatic rings. The van der Waals surface area contributed by atoms with Crippen molar-refractivity contribution in [3.63, 3.8) is 0 Å². The fourth-order valence-corrected chi connectivity index (χ4v) is 2.42. The highest BCUT2D eigenvalue weighted by Crippen LogP contribution is 2.33. The first kappa shape index (κ1) is 12.5. The Morgan fingerprint density at radius 3 is 2.80 bits per heavy atom. The van der Waals surface area contributed by atoms with E-state index in [0.717, 1.165) is 5.56 Å². The summed E-state index contributed by atoms with van der Waals surface area (Å²) in [5, 5.41) is 10.4. The number of hydrogen-bond donors (Lipinski definition) is 1. The lowest BCUT2D eigenvalue weighted by atomic mass is 10.0. The van der Waals surface area contributed by atoms with Crippen LogP contribution in [0.15, 0.2) is 39.9 Å². The van der Waals surface area contributed by atoms with Crippen molar-refractivity contribution in [1.82, 2.24) is 9.55 Å². The first-order chi connectivity index (χ1) is 9.65. The van der Waals surface area contributed by atoms with Crippen LogP contribution in [-0.4, -0.2) is 14.7 Å². The number of nitrogens with zero attached hydrogens (tertiary/aromatic N) is 2. The molecule has 5 heteroatoms. The third-order valence-electron chi connectivity index (χ3n) is 3.44. The Morgan fingerprint density at radius 2 is 2.10 bits per heavy atom. The lowest BCUT2D eigenvalue weighted by Gasteiger charge is -2.11. The molecule has 1 aromatic carbocycles. The quantitative estimate of drug-likeness (QED) is 0.777. The average Bonchev–Trinajstić information content (AvgIpc) is 2.91. The van der Waals surface area contributed by atoms with Gasteiger partial charge in [0.05, 0.1) is 5.56 Å². The van der Waals surface area contributed by atoms with Crippen LogP contribution in [0.5, 0.6) is 5.75 Å². The van der Waals surface area contributed by atoms with E-state index in [4.69, 9.17) is 4.42 Å². The van der Waals surface area contributed by atoms with Crippen molar-refractivity contribution in [2.75, 3.05) is 0 Å². The second-order valence-electron chi connectivity index (χ2n) is 4.59. The number of oxazole rings is 1. The van der Waals surface area contributed by atoms with Crippen LogP contribution in [0.4, 0.5) is 0 Å². The van der Waals surface area contributed by atoms with Gasteiger partial charge in [-0.3, -0.25) is 9.36 Å². The summed E-state index contributed by atoms with van der Waals surface area (Å²) in [4.78, 5) is 16.6. The molecule has 3 rings (SSSR count). The molecule has 0 saturated heterocycles. The van der Waals surface area contributed by atoms with E-state index in [9.17, 15) is 9.90 Å². The number of pyridine rings is 1. The van der Waals surface area contributed by atoms with E-state index >= 15 is 0 Å². The number of rotatable bonds is 2. The summed E-state index contributed by atoms with van der Waals surface area (Å²) in [6.07, 6.45) is 1.23. The number of aromatic nitrogens is 2. The Bertz CT molecular complexity index is 846. The van der Waals surface area contributed by atoms with E-state index in [1.54, 1.807) is 0 Å². The number of benzene rings is 1. The topological polar surface area (TPSA) is 68.3 Å². The molecule has 2 heterocycles. The predicted molar refractivity (Wildman–Crippen MR) is 75.8 cm³/mol. The highest BCUT2D eigenvalue weighted by atomic mass is 16.3. The summed E-state index contributed by atoms with van der Waals surface area (Å²) in [5.41, 5.74) is 2.24. The van der Waals surface area contributed by atoms with Crippen molar-refractivity contribution in [1.29, 1.82) is 0 Å². The van der Waals surface area contributed by atoms with Crippen LogP contribution >= 0.6 is 0 Å². The largest absolute Gasteiger partial charge is 0.505 e. The zero-order chi connectivity index (χ0) is 14.3. The molecule has 20 heavy (non-hydrogen) atoms. The molecule has 0 aliphatic carbocycles. The third kappa shape index (κ3) is 1.63. The standard InChI is InChI=1S/C15H14N2O3/c1-3-17-14(19)11(10-7-5-4-6-9(10)2)13(18)12-15(17)20-8-16-12/h4-8,18H,3H2,1-2H3. The molecule has 0 spiro atoms. The zero-order valence-corrected chi connectivity index (χ0v) is 11.3. The van der Waals surface area contributed by atoms with E-state index in [-0.39, 0.29) is 16.9 Å². The van der Waals surface area contributed by atoms with Gasteiger partial charge in [-0.15, -0.1) is 0 Å². The fraction of sp³-hybridized carbons (Fsp3) is 0.200. The molecule has 0 aliphatic heterocycles. The Hall–Kier alpha value is -2.56. The Labute approximate surface area is 115 Å². The summed E-state index contributed by atoms with van der Waals surface area (Å²) in [5.74, 6) is -0.127. The van der Waals surface area contributed by atoms with Crippen LogP contribution in [0, 0.1) is 6.92 Å². The number of aromatic hydroxyl groups is 1. The van der Waals surface area contributed by atoms with E-state index in [0.29, 0.717) is 23.3 Å². The predicted octanol–water partition coefficient (Wildman–Crippen LogP) is 2.69. The molecule has 3 aromatic rings. The fourth-order valence-electron chi connectivity index (χ4n) is 2.42. The average molecular weight is 270 g/mol. The highest BCUT2D eigenvalue weighted by Gasteiger charge is 2.21. The van der Waals surface area contributed by atoms with Gasteiger partial charge >= 0.3 is 0 Å². The lowest BCUT2D eigenvalue weighted by molar-refractivity contribution is 0.478. The van der Waals surface area contributed by atoms with Gasteiger partial charge in [0.25, 0.3) is 5.56 Å². The summed E-state index contributed by atoms with van der Waals surface area (Å²) in [6, 6.07) is 7.45. The van der Waals surface area contributed by atoms with Crippen molar-refractivity contribution in [3.8, 4) is 16.9 Å². The SMILES string of the molecule is CCn1c(=O)c(-c2ccccc2C)c(O)c2ncoc21. The van der Waals surface area contributed by atoms with Gasteiger partial charge in [-0.05, 0) is 25.0 Å². The molecule has 2 aromatic heterocycles. The summed E-state index contributed by atoms with van der Waals surface area (Å²) in [6.45, 7) is 4.20. The van der Waals surface area contributed by atoms with Crippen molar-refractivity contribution in [2.24, 2.45) is 0 Å². The minimum atomic E-state index is -0.274. The minimum absolute atomic E-state index is 0.127. The molecular formula is C15H14N2O3. The van der Waals surface area contributed by atoms with E-state index in [2.05, 4.69) is 4.98 Å². The second-order valence-corrected chi connectivity index (χ2v) is 4.59. The molecule has 0 saturated carbocycles. The van der Waals surface area contributed by atoms with E-state index < -0.39 is 0 Å². The molecular weight excluding hydrogens is 256 g/mol. The van der Waals surface area contributed by atoms with Crippen molar-refractivity contribution in [2.45, 2.75) is 20.4 Å². The molecule has 0 radical (unpaired) electrons. The lowest BCUT2D eigenvalue weighted by Crippen LogP contribution is -2.21.